The monoisotopic (exact) mass is 342 g/mol. The number of ether oxygens (including phenoxy) is 1. The largest absolute Gasteiger partial charge is 0.380 e. The molecule has 2 atom stereocenters. The van der Waals surface area contributed by atoms with Gasteiger partial charge in [0, 0.05) is 39.4 Å². The maximum absolute atomic E-state index is 13.0. The van der Waals surface area contributed by atoms with Crippen LogP contribution in [0.5, 0.6) is 0 Å². The van der Waals surface area contributed by atoms with Crippen molar-refractivity contribution in [2.75, 3.05) is 31.6 Å². The fraction of sp³-hybridized carbons (Fsp3) is 0.529. The van der Waals surface area contributed by atoms with E-state index in [-0.39, 0.29) is 18.1 Å². The molecule has 2 fully saturated rings. The number of methoxy groups -OCH3 is 1. The van der Waals surface area contributed by atoms with Crippen molar-refractivity contribution in [3.63, 3.8) is 0 Å². The van der Waals surface area contributed by atoms with Crippen LogP contribution in [0.15, 0.2) is 24.7 Å². The maximum atomic E-state index is 13.0. The molecule has 2 aliphatic rings. The number of hydrogen-bond acceptors (Lipinski definition) is 6. The Hall–Kier alpha value is -2.48. The van der Waals surface area contributed by atoms with Gasteiger partial charge in [-0.3, -0.25) is 9.89 Å². The Morgan fingerprint density at radius 2 is 2.12 bits per heavy atom. The Labute approximate surface area is 146 Å². The van der Waals surface area contributed by atoms with Crippen LogP contribution < -0.4 is 4.90 Å². The number of likely N-dealkylation sites (tertiary alicyclic amines) is 1. The van der Waals surface area contributed by atoms with Gasteiger partial charge in [0.05, 0.1) is 17.7 Å². The Bertz CT molecular complexity index is 711. The lowest BCUT2D eigenvalue weighted by atomic mass is 10.1. The Balaban J connectivity index is 1.54. The molecule has 1 amide bonds. The van der Waals surface area contributed by atoms with Crippen LogP contribution in [0.4, 0.5) is 5.82 Å². The molecule has 0 aliphatic carbocycles. The lowest BCUT2D eigenvalue weighted by Crippen LogP contribution is -2.32. The van der Waals surface area contributed by atoms with E-state index in [1.165, 1.54) is 19.2 Å². The van der Waals surface area contributed by atoms with E-state index >= 15 is 0 Å². The second kappa shape index (κ2) is 6.79. The summed E-state index contributed by atoms with van der Waals surface area (Å²) >= 11 is 0. The Morgan fingerprint density at radius 3 is 2.76 bits per heavy atom. The van der Waals surface area contributed by atoms with Crippen LogP contribution >= 0.6 is 0 Å². The van der Waals surface area contributed by atoms with Gasteiger partial charge in [0.2, 0.25) is 0 Å². The number of carbonyl (C=O) groups excluding carboxylic acids is 1. The van der Waals surface area contributed by atoms with Crippen molar-refractivity contribution in [2.45, 2.75) is 31.4 Å². The number of amides is 1. The summed E-state index contributed by atoms with van der Waals surface area (Å²) in [6, 6.07) is 3.64. The minimum Gasteiger partial charge on any atom is -0.380 e. The highest BCUT2D eigenvalue weighted by Crippen LogP contribution is 2.32. The van der Waals surface area contributed by atoms with Crippen molar-refractivity contribution < 1.29 is 9.53 Å². The number of pyridine rings is 1. The van der Waals surface area contributed by atoms with E-state index in [4.69, 9.17) is 4.74 Å². The number of aromatic amines is 1. The van der Waals surface area contributed by atoms with E-state index in [2.05, 4.69) is 25.1 Å². The molecule has 0 aromatic carbocycles. The first-order valence-electron chi connectivity index (χ1n) is 8.66. The lowest BCUT2D eigenvalue weighted by Gasteiger charge is -2.23. The second-order valence-corrected chi connectivity index (χ2v) is 6.54. The van der Waals surface area contributed by atoms with Crippen LogP contribution in [0.1, 0.15) is 41.5 Å². The third-order valence-electron chi connectivity index (χ3n) is 5.03. The quantitative estimate of drug-likeness (QED) is 0.904. The highest BCUT2D eigenvalue weighted by molar-refractivity contribution is 5.94. The molecule has 8 heteroatoms. The van der Waals surface area contributed by atoms with Crippen molar-refractivity contribution in [1.82, 2.24) is 25.1 Å². The van der Waals surface area contributed by atoms with Crippen molar-refractivity contribution in [2.24, 2.45) is 0 Å². The van der Waals surface area contributed by atoms with Gasteiger partial charge >= 0.3 is 0 Å². The molecule has 4 heterocycles. The number of carbonyl (C=O) groups is 1. The van der Waals surface area contributed by atoms with Gasteiger partial charge in [-0.2, -0.15) is 5.10 Å². The fourth-order valence-corrected chi connectivity index (χ4v) is 3.64. The summed E-state index contributed by atoms with van der Waals surface area (Å²) in [4.78, 5) is 25.8. The number of H-pyrrole nitrogens is 1. The van der Waals surface area contributed by atoms with Gasteiger partial charge in [-0.15, -0.1) is 0 Å². The smallest absolute Gasteiger partial charge is 0.256 e. The summed E-state index contributed by atoms with van der Waals surface area (Å²) in [6.45, 7) is 2.61. The van der Waals surface area contributed by atoms with E-state index in [1.54, 1.807) is 18.2 Å². The number of anilines is 1. The lowest BCUT2D eigenvalue weighted by molar-refractivity contribution is 0.0684. The molecule has 8 nitrogen and oxygen atoms in total. The van der Waals surface area contributed by atoms with Crippen molar-refractivity contribution in [3.05, 3.63) is 36.0 Å². The minimum absolute atomic E-state index is 0.00381. The zero-order chi connectivity index (χ0) is 17.2. The molecular formula is C17H22N6O2. The average Bonchev–Trinajstić information content (AvgIpc) is 3.42. The average molecular weight is 342 g/mol. The molecule has 25 heavy (non-hydrogen) atoms. The van der Waals surface area contributed by atoms with E-state index in [0.717, 1.165) is 18.9 Å². The molecule has 4 rings (SSSR count). The van der Waals surface area contributed by atoms with Crippen LogP contribution in [0, 0.1) is 0 Å². The molecule has 132 valence electrons. The first kappa shape index (κ1) is 16.0. The van der Waals surface area contributed by atoms with Gasteiger partial charge in [0.25, 0.3) is 5.91 Å². The highest BCUT2D eigenvalue weighted by atomic mass is 16.5. The number of rotatable bonds is 4. The van der Waals surface area contributed by atoms with E-state index in [9.17, 15) is 4.79 Å². The van der Waals surface area contributed by atoms with Crippen molar-refractivity contribution in [3.8, 4) is 0 Å². The Morgan fingerprint density at radius 1 is 1.28 bits per heavy atom. The zero-order valence-corrected chi connectivity index (χ0v) is 14.3. The predicted octanol–water partition coefficient (Wildman–Crippen LogP) is 1.40. The summed E-state index contributed by atoms with van der Waals surface area (Å²) in [6.07, 6.45) is 6.24. The van der Waals surface area contributed by atoms with Gasteiger partial charge in [-0.1, -0.05) is 0 Å². The molecule has 0 spiro atoms. The predicted molar refractivity (Wildman–Crippen MR) is 91.3 cm³/mol. The van der Waals surface area contributed by atoms with Crippen LogP contribution in [-0.2, 0) is 4.74 Å². The molecule has 0 bridgehead atoms. The third kappa shape index (κ3) is 3.09. The number of aromatic nitrogens is 4. The molecule has 2 aromatic rings. The van der Waals surface area contributed by atoms with Gasteiger partial charge in [-0.05, 0) is 25.0 Å². The summed E-state index contributed by atoms with van der Waals surface area (Å²) in [7, 11) is 1.67. The molecule has 0 unspecified atom stereocenters. The third-order valence-corrected chi connectivity index (χ3v) is 5.03. The van der Waals surface area contributed by atoms with Crippen LogP contribution in [0.25, 0.3) is 0 Å². The molecule has 2 aromatic heterocycles. The van der Waals surface area contributed by atoms with Crippen molar-refractivity contribution >= 4 is 11.7 Å². The van der Waals surface area contributed by atoms with Gasteiger partial charge < -0.3 is 14.5 Å². The highest BCUT2D eigenvalue weighted by Gasteiger charge is 2.38. The second-order valence-electron chi connectivity index (χ2n) is 6.54. The minimum atomic E-state index is -0.154. The molecular weight excluding hydrogens is 320 g/mol. The fourth-order valence-electron chi connectivity index (χ4n) is 3.64. The van der Waals surface area contributed by atoms with Crippen LogP contribution in [-0.4, -0.2) is 63.8 Å². The van der Waals surface area contributed by atoms with Crippen LogP contribution in [0.3, 0.4) is 0 Å². The van der Waals surface area contributed by atoms with E-state index < -0.39 is 0 Å². The van der Waals surface area contributed by atoms with E-state index in [0.29, 0.717) is 24.4 Å². The van der Waals surface area contributed by atoms with Crippen LogP contribution in [0.2, 0.25) is 0 Å². The summed E-state index contributed by atoms with van der Waals surface area (Å²) in [5.41, 5.74) is 0.587. The summed E-state index contributed by atoms with van der Waals surface area (Å²) in [5.74, 6) is 1.58. The molecule has 2 aliphatic heterocycles. The van der Waals surface area contributed by atoms with Gasteiger partial charge in [0.1, 0.15) is 18.0 Å². The first-order valence-corrected chi connectivity index (χ1v) is 8.66. The summed E-state index contributed by atoms with van der Waals surface area (Å²) < 4.78 is 5.46. The maximum Gasteiger partial charge on any atom is 0.256 e. The first-order chi connectivity index (χ1) is 12.3. The number of nitrogens with zero attached hydrogens (tertiary/aromatic N) is 5. The number of hydrogen-bond donors (Lipinski definition) is 1. The Kier molecular flexibility index (Phi) is 4.35. The standard InChI is InChI=1S/C17H22N6O2/c1-25-13-8-14(16-19-11-20-21-16)23(10-13)17(24)12-4-5-15(18-9-12)22-6-2-3-7-22/h4-5,9,11,13-14H,2-3,6-8,10H2,1H3,(H,19,20,21)/t13-,14+/m1/s1. The van der Waals surface area contributed by atoms with Crippen molar-refractivity contribution in [1.29, 1.82) is 0 Å². The molecule has 1 N–H and O–H groups in total. The van der Waals surface area contributed by atoms with E-state index in [1.807, 2.05) is 12.1 Å². The van der Waals surface area contributed by atoms with Gasteiger partial charge in [-0.25, -0.2) is 9.97 Å². The number of nitrogens with one attached hydrogen (secondary N) is 1. The summed E-state index contributed by atoms with van der Waals surface area (Å²) in [5, 5.41) is 6.78. The van der Waals surface area contributed by atoms with Gasteiger partial charge in [0.15, 0.2) is 0 Å². The topological polar surface area (TPSA) is 87.2 Å². The molecule has 2 saturated heterocycles. The molecule has 0 saturated carbocycles. The molecule has 0 radical (unpaired) electrons. The zero-order valence-electron chi connectivity index (χ0n) is 14.3. The normalized spacial score (nSPS) is 23.4. The SMILES string of the molecule is CO[C@@H]1C[C@@H](c2ncn[nH]2)N(C(=O)c2ccc(N3CCCC3)nc2)C1.